The van der Waals surface area contributed by atoms with Crippen molar-refractivity contribution in [2.24, 2.45) is 17.3 Å². The molecule has 0 aromatic heterocycles. The van der Waals surface area contributed by atoms with Gasteiger partial charge >= 0.3 is 11.9 Å². The summed E-state index contributed by atoms with van der Waals surface area (Å²) < 4.78 is 22.9. The molecule has 2 fully saturated rings. The molecule has 10 heteroatoms. The van der Waals surface area contributed by atoms with Crippen LogP contribution in [0.2, 0.25) is 0 Å². The van der Waals surface area contributed by atoms with Crippen molar-refractivity contribution in [3.63, 3.8) is 0 Å². The van der Waals surface area contributed by atoms with E-state index in [1.165, 1.54) is 28.4 Å². The maximum Gasteiger partial charge on any atom is 0.359 e. The van der Waals surface area contributed by atoms with Crippen LogP contribution in [0.5, 0.6) is 0 Å². The number of fused-ring (bicyclic) bond motifs is 1. The lowest BCUT2D eigenvalue weighted by molar-refractivity contribution is -0.174. The molecular formula is C21H31NO6S3. The lowest BCUT2D eigenvalue weighted by atomic mass is 9.71. The number of rotatable bonds is 9. The van der Waals surface area contributed by atoms with Gasteiger partial charge in [0.1, 0.15) is 5.37 Å². The van der Waals surface area contributed by atoms with Gasteiger partial charge < -0.3 is 9.47 Å². The highest BCUT2D eigenvalue weighted by Crippen LogP contribution is 2.61. The molecule has 0 N–H and O–H groups in total. The Bertz CT molecular complexity index is 809. The first kappa shape index (κ1) is 24.6. The minimum atomic E-state index is -0.830. The number of carbonyl (C=O) groups is 3. The van der Waals surface area contributed by atoms with Gasteiger partial charge in [-0.05, 0) is 32.1 Å². The van der Waals surface area contributed by atoms with Crippen LogP contribution >= 0.6 is 23.5 Å². The van der Waals surface area contributed by atoms with Gasteiger partial charge in [0, 0.05) is 27.6 Å². The summed E-state index contributed by atoms with van der Waals surface area (Å²) in [6, 6.07) is 0. The van der Waals surface area contributed by atoms with Crippen LogP contribution in [0.15, 0.2) is 9.93 Å². The van der Waals surface area contributed by atoms with E-state index in [2.05, 4.69) is 0 Å². The van der Waals surface area contributed by atoms with E-state index in [-0.39, 0.29) is 40.0 Å². The van der Waals surface area contributed by atoms with Gasteiger partial charge in [-0.3, -0.25) is 18.7 Å². The van der Waals surface area contributed by atoms with Gasteiger partial charge in [-0.1, -0.05) is 39.5 Å². The molecule has 3 aliphatic rings. The molecule has 0 aliphatic carbocycles. The second-order valence-corrected chi connectivity index (χ2v) is 12.9. The summed E-state index contributed by atoms with van der Waals surface area (Å²) in [5, 5.41) is -0.0120. The zero-order valence-electron chi connectivity index (χ0n) is 18.7. The summed E-state index contributed by atoms with van der Waals surface area (Å²) in [6.07, 6.45) is 2.13. The van der Waals surface area contributed by atoms with E-state index in [0.29, 0.717) is 24.3 Å². The van der Waals surface area contributed by atoms with Crippen molar-refractivity contribution in [3.05, 3.63) is 9.93 Å². The van der Waals surface area contributed by atoms with Crippen LogP contribution in [-0.4, -0.2) is 55.9 Å². The van der Waals surface area contributed by atoms with Crippen molar-refractivity contribution >= 4 is 52.2 Å². The maximum absolute atomic E-state index is 13.0. The van der Waals surface area contributed by atoms with Crippen molar-refractivity contribution < 1.29 is 28.1 Å². The first-order valence-corrected chi connectivity index (χ1v) is 14.0. The van der Waals surface area contributed by atoms with Crippen LogP contribution in [0.25, 0.3) is 0 Å². The zero-order chi connectivity index (χ0) is 22.9. The third-order valence-corrected chi connectivity index (χ3v) is 11.2. The maximum atomic E-state index is 13.0. The fourth-order valence-corrected chi connectivity index (χ4v) is 9.28. The molecule has 0 saturated carbocycles. The van der Waals surface area contributed by atoms with E-state index in [1.807, 2.05) is 34.6 Å². The number of hydrogen-bond acceptors (Lipinski definition) is 8. The quantitative estimate of drug-likeness (QED) is 0.276. The predicted octanol–water partition coefficient (Wildman–Crippen LogP) is 3.47. The van der Waals surface area contributed by atoms with E-state index < -0.39 is 29.0 Å². The van der Waals surface area contributed by atoms with Gasteiger partial charge in [-0.15, -0.1) is 11.8 Å². The van der Waals surface area contributed by atoms with E-state index >= 15 is 0 Å². The highest BCUT2D eigenvalue weighted by Gasteiger charge is 2.65. The molecule has 4 atom stereocenters. The Morgan fingerprint density at radius 3 is 2.52 bits per heavy atom. The number of ether oxygens (including phenoxy) is 2. The van der Waals surface area contributed by atoms with Crippen molar-refractivity contribution in [1.29, 1.82) is 0 Å². The lowest BCUT2D eigenvalue weighted by Gasteiger charge is -2.52. The second kappa shape index (κ2) is 9.87. The molecule has 3 heterocycles. The standard InChI is InChI=1S/C21H31NO6S3/c1-6-13(7-2)16(23)27-11-28-17(24)15-18(29-14-8-9-31(26)10-14)30-20-21(5,12(3)4)19(25)22(15)20/h12-14,20H,6-11H2,1-5H3/t14-,20+,21-,31-/m0/s1. The first-order valence-electron chi connectivity index (χ1n) is 10.7. The highest BCUT2D eigenvalue weighted by molar-refractivity contribution is 8.23. The topological polar surface area (TPSA) is 90.0 Å². The van der Waals surface area contributed by atoms with Gasteiger partial charge in [0.2, 0.25) is 12.7 Å². The van der Waals surface area contributed by atoms with Crippen LogP contribution in [0, 0.1) is 17.3 Å². The summed E-state index contributed by atoms with van der Waals surface area (Å²) in [4.78, 5) is 39.6. The van der Waals surface area contributed by atoms with E-state index in [1.54, 1.807) is 0 Å². The average molecular weight is 490 g/mol. The molecule has 0 unspecified atom stereocenters. The normalized spacial score (nSPS) is 30.1. The van der Waals surface area contributed by atoms with E-state index in [0.717, 1.165) is 10.7 Å². The van der Waals surface area contributed by atoms with Crippen LogP contribution < -0.4 is 0 Å². The molecule has 3 rings (SSSR count). The summed E-state index contributed by atoms with van der Waals surface area (Å²) in [5.41, 5.74) is -0.321. The molecule has 0 radical (unpaired) electrons. The number of hydrogen-bond donors (Lipinski definition) is 0. The Morgan fingerprint density at radius 2 is 1.97 bits per heavy atom. The molecule has 1 amide bonds. The third-order valence-electron chi connectivity index (χ3n) is 6.50. The molecule has 174 valence electrons. The van der Waals surface area contributed by atoms with Crippen molar-refractivity contribution in [2.75, 3.05) is 18.3 Å². The predicted molar refractivity (Wildman–Crippen MR) is 123 cm³/mol. The van der Waals surface area contributed by atoms with Gasteiger partial charge in [-0.25, -0.2) is 4.79 Å². The number of carbonyl (C=O) groups excluding carboxylic acids is 3. The molecule has 0 spiro atoms. The zero-order valence-corrected chi connectivity index (χ0v) is 21.1. The van der Waals surface area contributed by atoms with Crippen molar-refractivity contribution in [1.82, 2.24) is 4.90 Å². The number of esters is 2. The Morgan fingerprint density at radius 1 is 1.29 bits per heavy atom. The summed E-state index contributed by atoms with van der Waals surface area (Å²) >= 11 is 3.03. The molecule has 2 saturated heterocycles. The number of β-lactam (4-membered cyclic amide) rings is 1. The SMILES string of the molecule is CCC(CC)C(=O)OCOC(=O)C1=C(S[C@H]2CC[S@](=O)C2)S[C@H]2N1C(=O)[C@]2(C)C(C)C. The van der Waals surface area contributed by atoms with Crippen LogP contribution in [0.4, 0.5) is 0 Å². The molecule has 7 nitrogen and oxygen atoms in total. The Balaban J connectivity index is 1.73. The highest BCUT2D eigenvalue weighted by atomic mass is 32.2. The summed E-state index contributed by atoms with van der Waals surface area (Å²) in [5.74, 6) is 0.0136. The molecule has 0 aromatic carbocycles. The number of amides is 1. The monoisotopic (exact) mass is 489 g/mol. The molecule has 31 heavy (non-hydrogen) atoms. The fraction of sp³-hybridized carbons (Fsp3) is 0.762. The second-order valence-electron chi connectivity index (χ2n) is 8.58. The number of nitrogens with zero attached hydrogens (tertiary/aromatic N) is 1. The Hall–Kier alpha value is -1.00. The van der Waals surface area contributed by atoms with Crippen LogP contribution in [0.3, 0.4) is 0 Å². The van der Waals surface area contributed by atoms with Crippen LogP contribution in [0.1, 0.15) is 53.9 Å². The van der Waals surface area contributed by atoms with E-state index in [4.69, 9.17) is 9.47 Å². The van der Waals surface area contributed by atoms with Gasteiger partial charge in [0.05, 0.1) is 15.6 Å². The minimum Gasteiger partial charge on any atom is -0.428 e. The summed E-state index contributed by atoms with van der Waals surface area (Å²) in [7, 11) is -0.830. The van der Waals surface area contributed by atoms with Crippen molar-refractivity contribution in [3.8, 4) is 0 Å². The smallest absolute Gasteiger partial charge is 0.359 e. The summed E-state index contributed by atoms with van der Waals surface area (Å²) in [6.45, 7) is 9.30. The Labute approximate surface area is 194 Å². The fourth-order valence-electron chi connectivity index (χ4n) is 3.95. The Kier molecular flexibility index (Phi) is 7.84. The molecule has 0 bridgehead atoms. The number of thioether (sulfide) groups is 2. The largest absolute Gasteiger partial charge is 0.428 e. The van der Waals surface area contributed by atoms with Gasteiger partial charge in [-0.2, -0.15) is 0 Å². The average Bonchev–Trinajstić information content (AvgIpc) is 3.30. The van der Waals surface area contributed by atoms with E-state index in [9.17, 15) is 18.6 Å². The third kappa shape index (κ3) is 4.57. The van der Waals surface area contributed by atoms with Crippen LogP contribution in [-0.2, 0) is 34.7 Å². The van der Waals surface area contributed by atoms with Gasteiger partial charge in [0.25, 0.3) is 0 Å². The lowest BCUT2D eigenvalue weighted by Crippen LogP contribution is -2.66. The van der Waals surface area contributed by atoms with Gasteiger partial charge in [0.15, 0.2) is 5.70 Å². The molecule has 3 aliphatic heterocycles. The molecular weight excluding hydrogens is 458 g/mol. The first-order chi connectivity index (χ1) is 14.6. The minimum absolute atomic E-state index is 0.0911. The molecule has 0 aromatic rings. The van der Waals surface area contributed by atoms with Crippen molar-refractivity contribution in [2.45, 2.75) is 64.5 Å².